The summed E-state index contributed by atoms with van der Waals surface area (Å²) in [5, 5.41) is 0. The van der Waals surface area contributed by atoms with Crippen molar-refractivity contribution in [3.8, 4) is 0 Å². The van der Waals surface area contributed by atoms with Crippen molar-refractivity contribution in [2.75, 3.05) is 5.73 Å². The van der Waals surface area contributed by atoms with Crippen molar-refractivity contribution in [2.45, 2.75) is 38.1 Å². The Balaban J connectivity index is 2.13. The first kappa shape index (κ1) is 11.1. The van der Waals surface area contributed by atoms with Crippen molar-refractivity contribution in [1.82, 2.24) is 9.55 Å². The molecule has 4 heteroatoms. The number of anilines is 1. The van der Waals surface area contributed by atoms with E-state index in [2.05, 4.69) is 31.5 Å². The van der Waals surface area contributed by atoms with Crippen molar-refractivity contribution in [2.24, 2.45) is 0 Å². The molecule has 3 rings (SSSR count). The van der Waals surface area contributed by atoms with Crippen LogP contribution in [0, 0.1) is 0 Å². The first-order valence-electron chi connectivity index (χ1n) is 6.18. The van der Waals surface area contributed by atoms with Crippen LogP contribution in [0.2, 0.25) is 0 Å². The molecule has 1 saturated carbocycles. The van der Waals surface area contributed by atoms with Gasteiger partial charge in [0.05, 0.1) is 11.0 Å². The number of hydrogen-bond donors (Lipinski definition) is 1. The van der Waals surface area contributed by atoms with Crippen molar-refractivity contribution in [1.29, 1.82) is 0 Å². The fourth-order valence-corrected chi connectivity index (χ4v) is 3.16. The average molecular weight is 294 g/mol. The van der Waals surface area contributed by atoms with Gasteiger partial charge in [-0.25, -0.2) is 4.98 Å². The van der Waals surface area contributed by atoms with E-state index in [1.807, 2.05) is 12.1 Å². The summed E-state index contributed by atoms with van der Waals surface area (Å²) in [6.45, 7) is 0. The lowest BCUT2D eigenvalue weighted by Crippen LogP contribution is -2.14. The largest absolute Gasteiger partial charge is 0.369 e. The van der Waals surface area contributed by atoms with E-state index >= 15 is 0 Å². The van der Waals surface area contributed by atoms with Crippen LogP contribution in [0.15, 0.2) is 22.7 Å². The van der Waals surface area contributed by atoms with Gasteiger partial charge in [0.25, 0.3) is 0 Å². The Morgan fingerprint density at radius 2 is 2.00 bits per heavy atom. The molecule has 0 saturated heterocycles. The van der Waals surface area contributed by atoms with Crippen LogP contribution in [-0.2, 0) is 0 Å². The predicted molar refractivity (Wildman–Crippen MR) is 74.0 cm³/mol. The van der Waals surface area contributed by atoms with Gasteiger partial charge in [-0.1, -0.05) is 35.2 Å². The molecule has 0 unspecified atom stereocenters. The average Bonchev–Trinajstić information content (AvgIpc) is 2.65. The van der Waals surface area contributed by atoms with Crippen molar-refractivity contribution < 1.29 is 0 Å². The Morgan fingerprint density at radius 3 is 2.76 bits per heavy atom. The highest BCUT2D eigenvalue weighted by atomic mass is 79.9. The van der Waals surface area contributed by atoms with E-state index in [9.17, 15) is 0 Å². The molecule has 2 aromatic rings. The number of aromatic nitrogens is 2. The Kier molecular flexibility index (Phi) is 2.82. The van der Waals surface area contributed by atoms with Gasteiger partial charge in [0.2, 0.25) is 5.95 Å². The number of nitrogen functional groups attached to an aromatic ring is 1. The second-order valence-electron chi connectivity index (χ2n) is 4.76. The van der Waals surface area contributed by atoms with Gasteiger partial charge in [-0.15, -0.1) is 0 Å². The van der Waals surface area contributed by atoms with Gasteiger partial charge in [0, 0.05) is 10.5 Å². The number of fused-ring (bicyclic) bond motifs is 1. The van der Waals surface area contributed by atoms with E-state index in [0.29, 0.717) is 12.0 Å². The van der Waals surface area contributed by atoms with Gasteiger partial charge >= 0.3 is 0 Å². The number of rotatable bonds is 1. The SMILES string of the molecule is Nc1nc2ccc(Br)cc2n1C1CCCCC1. The second kappa shape index (κ2) is 4.33. The molecule has 0 aliphatic heterocycles. The lowest BCUT2D eigenvalue weighted by molar-refractivity contribution is 0.363. The number of nitrogens with two attached hydrogens (primary N) is 1. The second-order valence-corrected chi connectivity index (χ2v) is 5.68. The molecule has 0 radical (unpaired) electrons. The van der Waals surface area contributed by atoms with Crippen LogP contribution in [0.25, 0.3) is 11.0 Å². The normalized spacial score (nSPS) is 17.7. The summed E-state index contributed by atoms with van der Waals surface area (Å²) < 4.78 is 3.31. The standard InChI is InChI=1S/C13H16BrN3/c14-9-6-7-11-12(8-9)17(13(15)16-11)10-4-2-1-3-5-10/h6-8,10H,1-5H2,(H2,15,16). The molecule has 0 atom stereocenters. The van der Waals surface area contributed by atoms with Gasteiger partial charge in [-0.2, -0.15) is 0 Å². The summed E-state index contributed by atoms with van der Waals surface area (Å²) in [5.74, 6) is 0.657. The van der Waals surface area contributed by atoms with Crippen LogP contribution >= 0.6 is 15.9 Å². The van der Waals surface area contributed by atoms with Crippen LogP contribution in [-0.4, -0.2) is 9.55 Å². The van der Waals surface area contributed by atoms with Crippen LogP contribution in [0.3, 0.4) is 0 Å². The topological polar surface area (TPSA) is 43.8 Å². The summed E-state index contributed by atoms with van der Waals surface area (Å²) in [7, 11) is 0. The van der Waals surface area contributed by atoms with Crippen molar-refractivity contribution in [3.05, 3.63) is 22.7 Å². The minimum atomic E-state index is 0.531. The molecular formula is C13H16BrN3. The molecule has 0 bridgehead atoms. The molecule has 90 valence electrons. The summed E-state index contributed by atoms with van der Waals surface area (Å²) >= 11 is 3.52. The zero-order valence-electron chi connectivity index (χ0n) is 9.69. The number of hydrogen-bond acceptors (Lipinski definition) is 2. The maximum Gasteiger partial charge on any atom is 0.201 e. The van der Waals surface area contributed by atoms with E-state index in [0.717, 1.165) is 15.5 Å². The zero-order chi connectivity index (χ0) is 11.8. The molecule has 1 fully saturated rings. The lowest BCUT2D eigenvalue weighted by Gasteiger charge is -2.24. The van der Waals surface area contributed by atoms with Crippen LogP contribution < -0.4 is 5.73 Å². The molecule has 0 spiro atoms. The zero-order valence-corrected chi connectivity index (χ0v) is 11.3. The van der Waals surface area contributed by atoms with Crippen molar-refractivity contribution >= 4 is 32.9 Å². The van der Waals surface area contributed by atoms with Crippen molar-refractivity contribution in [3.63, 3.8) is 0 Å². The van der Waals surface area contributed by atoms with Crippen LogP contribution in [0.1, 0.15) is 38.1 Å². The minimum absolute atomic E-state index is 0.531. The Hall–Kier alpha value is -1.03. The van der Waals surface area contributed by atoms with Gasteiger partial charge in [-0.05, 0) is 31.0 Å². The molecule has 1 aliphatic rings. The third-order valence-corrected chi connectivity index (χ3v) is 4.11. The number of benzene rings is 1. The third kappa shape index (κ3) is 1.95. The molecule has 2 N–H and O–H groups in total. The molecule has 1 heterocycles. The third-order valence-electron chi connectivity index (χ3n) is 3.62. The molecule has 0 amide bonds. The molecule has 3 nitrogen and oxygen atoms in total. The molecule has 1 aromatic heterocycles. The predicted octanol–water partition coefficient (Wildman–Crippen LogP) is 3.89. The van der Waals surface area contributed by atoms with E-state index in [4.69, 9.17) is 5.73 Å². The monoisotopic (exact) mass is 293 g/mol. The molecular weight excluding hydrogens is 278 g/mol. The maximum atomic E-state index is 6.07. The highest BCUT2D eigenvalue weighted by Crippen LogP contribution is 2.34. The van der Waals surface area contributed by atoms with Crippen LogP contribution in [0.4, 0.5) is 5.95 Å². The fourth-order valence-electron chi connectivity index (χ4n) is 2.81. The highest BCUT2D eigenvalue weighted by Gasteiger charge is 2.20. The fraction of sp³-hybridized carbons (Fsp3) is 0.462. The lowest BCUT2D eigenvalue weighted by atomic mass is 9.95. The van der Waals surface area contributed by atoms with E-state index in [1.54, 1.807) is 0 Å². The van der Waals surface area contributed by atoms with Crippen LogP contribution in [0.5, 0.6) is 0 Å². The highest BCUT2D eigenvalue weighted by molar-refractivity contribution is 9.10. The molecule has 1 aliphatic carbocycles. The summed E-state index contributed by atoms with van der Waals surface area (Å²) in [4.78, 5) is 4.45. The summed E-state index contributed by atoms with van der Waals surface area (Å²) in [6, 6.07) is 6.69. The number of imidazole rings is 1. The minimum Gasteiger partial charge on any atom is -0.369 e. The van der Waals surface area contributed by atoms with Gasteiger partial charge < -0.3 is 10.3 Å². The number of nitrogens with zero attached hydrogens (tertiary/aromatic N) is 2. The smallest absolute Gasteiger partial charge is 0.201 e. The van der Waals surface area contributed by atoms with Gasteiger partial charge in [0.15, 0.2) is 0 Å². The summed E-state index contributed by atoms with van der Waals surface area (Å²) in [5.41, 5.74) is 8.22. The van der Waals surface area contributed by atoms with E-state index in [1.165, 1.54) is 32.1 Å². The molecule has 1 aromatic carbocycles. The quantitative estimate of drug-likeness (QED) is 0.867. The van der Waals surface area contributed by atoms with E-state index < -0.39 is 0 Å². The Morgan fingerprint density at radius 1 is 1.24 bits per heavy atom. The van der Waals surface area contributed by atoms with E-state index in [-0.39, 0.29) is 0 Å². The first-order valence-corrected chi connectivity index (χ1v) is 6.98. The van der Waals surface area contributed by atoms with Gasteiger partial charge in [0.1, 0.15) is 0 Å². The maximum absolute atomic E-state index is 6.07. The Bertz CT molecular complexity index is 541. The number of halogens is 1. The van der Waals surface area contributed by atoms with Gasteiger partial charge in [-0.3, -0.25) is 0 Å². The first-order chi connectivity index (χ1) is 8.25. The molecule has 17 heavy (non-hydrogen) atoms. The Labute approximate surface area is 109 Å². The summed E-state index contributed by atoms with van der Waals surface area (Å²) in [6.07, 6.45) is 6.41.